The minimum atomic E-state index is -0.529. The summed E-state index contributed by atoms with van der Waals surface area (Å²) in [5, 5.41) is 5.28. The van der Waals surface area contributed by atoms with Crippen LogP contribution in [-0.2, 0) is 6.54 Å². The number of piperidine rings is 1. The quantitative estimate of drug-likeness (QED) is 0.871. The number of nitrogens with one attached hydrogen (secondary N) is 2. The first-order valence-corrected chi connectivity index (χ1v) is 8.56. The average molecular weight is 364 g/mol. The monoisotopic (exact) mass is 363 g/mol. The van der Waals surface area contributed by atoms with E-state index in [1.54, 1.807) is 12.3 Å². The van der Waals surface area contributed by atoms with Gasteiger partial charge in [-0.25, -0.2) is 19.2 Å². The number of hydrogen-bond donors (Lipinski definition) is 2. The maximum Gasteiger partial charge on any atom is 0.319 e. The second-order valence-corrected chi connectivity index (χ2v) is 6.24. The van der Waals surface area contributed by atoms with Crippen LogP contribution >= 0.6 is 11.6 Å². The Morgan fingerprint density at radius 3 is 2.80 bits per heavy atom. The molecular formula is C17H19ClFN5O. The summed E-state index contributed by atoms with van der Waals surface area (Å²) in [4.78, 5) is 22.9. The van der Waals surface area contributed by atoms with Crippen LogP contribution in [0.4, 0.5) is 20.8 Å². The molecule has 0 saturated carbocycles. The fourth-order valence-electron chi connectivity index (χ4n) is 2.65. The average Bonchev–Trinajstić information content (AvgIpc) is 2.64. The number of aromatic nitrogens is 2. The lowest BCUT2D eigenvalue weighted by atomic mass is 10.1. The van der Waals surface area contributed by atoms with Crippen molar-refractivity contribution in [2.24, 2.45) is 0 Å². The highest BCUT2D eigenvalue weighted by Gasteiger charge is 2.14. The summed E-state index contributed by atoms with van der Waals surface area (Å²) in [7, 11) is 0. The van der Waals surface area contributed by atoms with Crippen molar-refractivity contribution < 1.29 is 9.18 Å². The zero-order chi connectivity index (χ0) is 17.6. The van der Waals surface area contributed by atoms with Gasteiger partial charge in [-0.15, -0.1) is 0 Å². The van der Waals surface area contributed by atoms with E-state index in [1.807, 2.05) is 0 Å². The first-order valence-electron chi connectivity index (χ1n) is 8.18. The molecule has 25 heavy (non-hydrogen) atoms. The normalized spacial score (nSPS) is 14.2. The van der Waals surface area contributed by atoms with Crippen molar-refractivity contribution >= 4 is 29.3 Å². The molecule has 6 nitrogen and oxygen atoms in total. The lowest BCUT2D eigenvalue weighted by Gasteiger charge is -2.26. The van der Waals surface area contributed by atoms with E-state index < -0.39 is 11.8 Å². The number of anilines is 2. The van der Waals surface area contributed by atoms with E-state index in [0.717, 1.165) is 31.6 Å². The van der Waals surface area contributed by atoms with Gasteiger partial charge in [-0.1, -0.05) is 11.6 Å². The number of nitrogens with zero attached hydrogens (tertiary/aromatic N) is 3. The Kier molecular flexibility index (Phi) is 5.65. The largest absolute Gasteiger partial charge is 0.341 e. The van der Waals surface area contributed by atoms with Gasteiger partial charge in [-0.3, -0.25) is 0 Å². The zero-order valence-corrected chi connectivity index (χ0v) is 14.4. The van der Waals surface area contributed by atoms with Gasteiger partial charge in [0.15, 0.2) is 0 Å². The first kappa shape index (κ1) is 17.4. The third kappa shape index (κ3) is 4.79. The first-order chi connectivity index (χ1) is 12.1. The van der Waals surface area contributed by atoms with Crippen molar-refractivity contribution in [1.29, 1.82) is 0 Å². The van der Waals surface area contributed by atoms with Crippen LogP contribution < -0.4 is 15.5 Å². The van der Waals surface area contributed by atoms with Crippen molar-refractivity contribution in [3.8, 4) is 0 Å². The summed E-state index contributed by atoms with van der Waals surface area (Å²) in [6.45, 7) is 2.19. The fraction of sp³-hybridized carbons (Fsp3) is 0.353. The van der Waals surface area contributed by atoms with Crippen molar-refractivity contribution in [3.05, 3.63) is 47.0 Å². The van der Waals surface area contributed by atoms with Crippen LogP contribution in [0.15, 0.2) is 30.5 Å². The van der Waals surface area contributed by atoms with Crippen LogP contribution in [0.1, 0.15) is 25.0 Å². The number of rotatable bonds is 4. The lowest BCUT2D eigenvalue weighted by molar-refractivity contribution is 0.251. The molecule has 0 atom stereocenters. The second kappa shape index (κ2) is 8.11. The molecule has 1 aliphatic rings. The van der Waals surface area contributed by atoms with E-state index >= 15 is 0 Å². The Morgan fingerprint density at radius 2 is 2.04 bits per heavy atom. The molecule has 0 radical (unpaired) electrons. The van der Waals surface area contributed by atoms with Crippen LogP contribution in [0.5, 0.6) is 0 Å². The summed E-state index contributed by atoms with van der Waals surface area (Å²) in [5.74, 6) is 0.170. The number of benzene rings is 1. The third-order valence-electron chi connectivity index (χ3n) is 3.95. The number of carbonyl (C=O) groups excluding carboxylic acids is 1. The van der Waals surface area contributed by atoms with Crippen molar-refractivity contribution in [3.63, 3.8) is 0 Å². The van der Waals surface area contributed by atoms with E-state index in [9.17, 15) is 9.18 Å². The number of carbonyl (C=O) groups is 1. The van der Waals surface area contributed by atoms with E-state index in [2.05, 4.69) is 25.5 Å². The van der Waals surface area contributed by atoms with Crippen molar-refractivity contribution in [2.45, 2.75) is 25.8 Å². The predicted molar refractivity (Wildman–Crippen MR) is 95.4 cm³/mol. The number of amides is 2. The maximum absolute atomic E-state index is 13.1. The van der Waals surface area contributed by atoms with Gasteiger partial charge < -0.3 is 15.5 Å². The summed E-state index contributed by atoms with van der Waals surface area (Å²) in [6.07, 6.45) is 5.24. The molecule has 2 aromatic rings. The third-order valence-corrected chi connectivity index (χ3v) is 4.24. The lowest BCUT2D eigenvalue weighted by Crippen LogP contribution is -2.32. The van der Waals surface area contributed by atoms with Gasteiger partial charge in [0, 0.05) is 25.0 Å². The van der Waals surface area contributed by atoms with Gasteiger partial charge in [0.1, 0.15) is 5.82 Å². The molecule has 0 spiro atoms. The Hall–Kier alpha value is -2.41. The van der Waals surface area contributed by atoms with Gasteiger partial charge in [0.05, 0.1) is 17.3 Å². The minimum Gasteiger partial charge on any atom is -0.341 e. The number of urea groups is 1. The predicted octanol–water partition coefficient (Wildman–Crippen LogP) is 3.58. The molecule has 0 aliphatic carbocycles. The molecule has 1 aromatic heterocycles. The van der Waals surface area contributed by atoms with E-state index in [4.69, 9.17) is 11.6 Å². The molecule has 3 rings (SSSR count). The molecule has 2 N–H and O–H groups in total. The van der Waals surface area contributed by atoms with Gasteiger partial charge >= 0.3 is 6.03 Å². The molecule has 132 valence electrons. The van der Waals surface area contributed by atoms with Crippen molar-refractivity contribution in [2.75, 3.05) is 23.3 Å². The summed E-state index contributed by atoms with van der Waals surface area (Å²) >= 11 is 5.69. The van der Waals surface area contributed by atoms with E-state index in [0.29, 0.717) is 11.6 Å². The van der Waals surface area contributed by atoms with Crippen LogP contribution in [-0.4, -0.2) is 29.1 Å². The molecule has 0 unspecified atom stereocenters. The smallest absolute Gasteiger partial charge is 0.319 e. The molecule has 1 fully saturated rings. The highest BCUT2D eigenvalue weighted by molar-refractivity contribution is 6.31. The summed E-state index contributed by atoms with van der Waals surface area (Å²) in [5.41, 5.74) is 1.14. The molecule has 1 aromatic carbocycles. The highest BCUT2D eigenvalue weighted by Crippen LogP contribution is 2.19. The Labute approximate surface area is 150 Å². The Balaban J connectivity index is 1.55. The molecule has 8 heteroatoms. The zero-order valence-electron chi connectivity index (χ0n) is 13.6. The highest BCUT2D eigenvalue weighted by atomic mass is 35.5. The standard InChI is InChI=1S/C17H19ClFN5O/c18-14-10-12(4-5-15(14)19)23-17(25)21-11-13-6-7-20-16(22-13)24-8-2-1-3-9-24/h4-7,10H,1-3,8-9,11H2,(H2,21,23,25). The second-order valence-electron chi connectivity index (χ2n) is 5.83. The number of hydrogen-bond acceptors (Lipinski definition) is 4. The number of halogens is 2. The maximum atomic E-state index is 13.1. The SMILES string of the molecule is O=C(NCc1ccnc(N2CCCCC2)n1)Nc1ccc(F)c(Cl)c1. The molecule has 1 saturated heterocycles. The van der Waals surface area contributed by atoms with Crippen LogP contribution in [0.3, 0.4) is 0 Å². The minimum absolute atomic E-state index is 0.0419. The van der Waals surface area contributed by atoms with E-state index in [-0.39, 0.29) is 11.6 Å². The molecule has 2 amide bonds. The Morgan fingerprint density at radius 1 is 1.24 bits per heavy atom. The molecular weight excluding hydrogens is 345 g/mol. The van der Waals surface area contributed by atoms with Gasteiger partial charge in [-0.05, 0) is 43.5 Å². The summed E-state index contributed by atoms with van der Waals surface area (Å²) < 4.78 is 13.1. The van der Waals surface area contributed by atoms with Crippen LogP contribution in [0.2, 0.25) is 5.02 Å². The molecule has 2 heterocycles. The van der Waals surface area contributed by atoms with Crippen LogP contribution in [0, 0.1) is 5.82 Å². The van der Waals surface area contributed by atoms with Gasteiger partial charge in [-0.2, -0.15) is 0 Å². The molecule has 1 aliphatic heterocycles. The van der Waals surface area contributed by atoms with Crippen molar-refractivity contribution in [1.82, 2.24) is 15.3 Å². The van der Waals surface area contributed by atoms with Gasteiger partial charge in [0.2, 0.25) is 5.95 Å². The fourth-order valence-corrected chi connectivity index (χ4v) is 2.83. The van der Waals surface area contributed by atoms with Crippen LogP contribution in [0.25, 0.3) is 0 Å². The van der Waals surface area contributed by atoms with Gasteiger partial charge in [0.25, 0.3) is 0 Å². The van der Waals surface area contributed by atoms with E-state index in [1.165, 1.54) is 24.6 Å². The topological polar surface area (TPSA) is 70.2 Å². The summed E-state index contributed by atoms with van der Waals surface area (Å²) in [6, 6.07) is 5.35. The Bertz CT molecular complexity index is 752. The molecule has 0 bridgehead atoms.